The van der Waals surface area contributed by atoms with Gasteiger partial charge < -0.3 is 4.52 Å². The van der Waals surface area contributed by atoms with Crippen LogP contribution in [0.15, 0.2) is 28.8 Å². The summed E-state index contributed by atoms with van der Waals surface area (Å²) < 4.78 is 4.91. The van der Waals surface area contributed by atoms with Crippen molar-refractivity contribution in [1.82, 2.24) is 5.16 Å². The van der Waals surface area contributed by atoms with Crippen LogP contribution in [0.2, 0.25) is 5.02 Å². The molecule has 0 N–H and O–H groups in total. The van der Waals surface area contributed by atoms with Gasteiger partial charge in [0, 0.05) is 5.56 Å². The molecule has 0 aliphatic rings. The van der Waals surface area contributed by atoms with Crippen LogP contribution in [0.1, 0.15) is 11.3 Å². The predicted octanol–water partition coefficient (Wildman–Crippen LogP) is 3.28. The van der Waals surface area contributed by atoms with Gasteiger partial charge in [-0.15, -0.1) is 6.42 Å². The van der Waals surface area contributed by atoms with Crippen molar-refractivity contribution in [3.05, 3.63) is 40.6 Å². The van der Waals surface area contributed by atoms with Crippen LogP contribution in [-0.2, 0) is 0 Å². The maximum atomic E-state index is 6.00. The van der Waals surface area contributed by atoms with E-state index >= 15 is 0 Å². The second-order valence-electron chi connectivity index (χ2n) is 3.18. The molecule has 3 heteroatoms. The van der Waals surface area contributed by atoms with Crippen molar-refractivity contribution in [3.63, 3.8) is 0 Å². The first-order valence-corrected chi connectivity index (χ1v) is 4.79. The largest absolute Gasteiger partial charge is 0.345 e. The summed E-state index contributed by atoms with van der Waals surface area (Å²) >= 11 is 6.00. The molecule has 2 nitrogen and oxygen atoms in total. The van der Waals surface area contributed by atoms with E-state index in [4.69, 9.17) is 22.5 Å². The number of hydrogen-bond acceptors (Lipinski definition) is 2. The second-order valence-corrected chi connectivity index (χ2v) is 3.56. The zero-order valence-electron chi connectivity index (χ0n) is 8.12. The van der Waals surface area contributed by atoms with E-state index in [1.54, 1.807) is 0 Å². The summed E-state index contributed by atoms with van der Waals surface area (Å²) in [7, 11) is 0. The molecule has 0 aliphatic heterocycles. The van der Waals surface area contributed by atoms with Crippen molar-refractivity contribution >= 4 is 11.6 Å². The van der Waals surface area contributed by atoms with Gasteiger partial charge in [0.2, 0.25) is 5.76 Å². The van der Waals surface area contributed by atoms with Gasteiger partial charge in [-0.25, -0.2) is 0 Å². The Morgan fingerprint density at radius 2 is 2.00 bits per heavy atom. The molecule has 0 radical (unpaired) electrons. The lowest BCUT2D eigenvalue weighted by Gasteiger charge is -1.96. The van der Waals surface area contributed by atoms with E-state index in [1.165, 1.54) is 5.56 Å². The topological polar surface area (TPSA) is 26.0 Å². The lowest BCUT2D eigenvalue weighted by molar-refractivity contribution is 0.413. The number of hydrogen-bond donors (Lipinski definition) is 0. The summed E-state index contributed by atoms with van der Waals surface area (Å²) in [5, 5.41) is 4.23. The van der Waals surface area contributed by atoms with Crippen molar-refractivity contribution in [2.24, 2.45) is 0 Å². The Morgan fingerprint density at radius 3 is 2.53 bits per heavy atom. The fourth-order valence-corrected chi connectivity index (χ4v) is 1.49. The zero-order chi connectivity index (χ0) is 10.8. The highest BCUT2D eigenvalue weighted by molar-refractivity contribution is 6.33. The van der Waals surface area contributed by atoms with Gasteiger partial charge in [0.05, 0.1) is 0 Å². The van der Waals surface area contributed by atoms with Crippen LogP contribution in [0.4, 0.5) is 0 Å². The summed E-state index contributed by atoms with van der Waals surface area (Å²) in [6, 6.07) is 7.82. The van der Waals surface area contributed by atoms with Gasteiger partial charge in [0.25, 0.3) is 0 Å². The smallest absolute Gasteiger partial charge is 0.228 e. The molecule has 0 unspecified atom stereocenters. The van der Waals surface area contributed by atoms with Gasteiger partial charge >= 0.3 is 0 Å². The number of aryl methyl sites for hydroxylation is 1. The van der Waals surface area contributed by atoms with Gasteiger partial charge in [-0.2, -0.15) is 0 Å². The highest BCUT2D eigenvalue weighted by Gasteiger charge is 2.13. The second kappa shape index (κ2) is 3.80. The molecule has 0 aliphatic carbocycles. The molecule has 2 aromatic rings. The quantitative estimate of drug-likeness (QED) is 0.686. The molecular weight excluding hydrogens is 210 g/mol. The summed E-state index contributed by atoms with van der Waals surface area (Å²) in [5.41, 5.74) is 2.66. The number of halogens is 1. The molecule has 0 fully saturated rings. The van der Waals surface area contributed by atoms with Crippen LogP contribution < -0.4 is 0 Å². The number of aromatic nitrogens is 1. The third-order valence-electron chi connectivity index (χ3n) is 2.09. The van der Waals surface area contributed by atoms with Crippen molar-refractivity contribution in [2.75, 3.05) is 0 Å². The third-order valence-corrected chi connectivity index (χ3v) is 2.44. The van der Waals surface area contributed by atoms with Crippen LogP contribution >= 0.6 is 11.6 Å². The first kappa shape index (κ1) is 9.82. The number of terminal acetylenes is 1. The standard InChI is InChI=1S/C12H8ClNO/c1-3-10-11(13)12(14-15-10)9-6-4-8(2)5-7-9/h1,4-7H,2H3. The minimum atomic E-state index is 0.271. The summed E-state index contributed by atoms with van der Waals surface area (Å²) in [6.45, 7) is 2.01. The summed E-state index contributed by atoms with van der Waals surface area (Å²) in [4.78, 5) is 0. The molecule has 0 saturated heterocycles. The zero-order valence-corrected chi connectivity index (χ0v) is 8.88. The molecule has 2 rings (SSSR count). The van der Waals surface area contributed by atoms with Gasteiger partial charge in [0.1, 0.15) is 10.7 Å². The molecule has 74 valence electrons. The van der Waals surface area contributed by atoms with E-state index in [1.807, 2.05) is 31.2 Å². The van der Waals surface area contributed by atoms with Crippen molar-refractivity contribution in [1.29, 1.82) is 0 Å². The summed E-state index contributed by atoms with van der Waals surface area (Å²) in [5.74, 6) is 2.61. The van der Waals surface area contributed by atoms with Gasteiger partial charge in [-0.3, -0.25) is 0 Å². The van der Waals surface area contributed by atoms with Crippen molar-refractivity contribution in [2.45, 2.75) is 6.92 Å². The fraction of sp³-hybridized carbons (Fsp3) is 0.0833. The first-order chi connectivity index (χ1) is 7.22. The van der Waals surface area contributed by atoms with Crippen LogP contribution in [0.3, 0.4) is 0 Å². The first-order valence-electron chi connectivity index (χ1n) is 4.41. The number of rotatable bonds is 1. The van der Waals surface area contributed by atoms with Gasteiger partial charge in [-0.05, 0) is 12.8 Å². The Bertz CT molecular complexity index is 520. The normalized spacial score (nSPS) is 9.93. The minimum Gasteiger partial charge on any atom is -0.345 e. The molecule has 1 aromatic carbocycles. The fourth-order valence-electron chi connectivity index (χ4n) is 1.26. The number of nitrogens with zero attached hydrogens (tertiary/aromatic N) is 1. The molecule has 0 spiro atoms. The highest BCUT2D eigenvalue weighted by atomic mass is 35.5. The SMILES string of the molecule is C#Cc1onc(-c2ccc(C)cc2)c1Cl. The van der Waals surface area contributed by atoms with Crippen LogP contribution in [0, 0.1) is 19.3 Å². The van der Waals surface area contributed by atoms with E-state index in [0.29, 0.717) is 10.7 Å². The van der Waals surface area contributed by atoms with Gasteiger partial charge in [0.15, 0.2) is 0 Å². The van der Waals surface area contributed by atoms with Crippen molar-refractivity contribution in [3.8, 4) is 23.6 Å². The Labute approximate surface area is 92.9 Å². The Kier molecular flexibility index (Phi) is 2.49. The third kappa shape index (κ3) is 1.74. The molecular formula is C12H8ClNO. The Hall–Kier alpha value is -1.72. The predicted molar refractivity (Wildman–Crippen MR) is 59.6 cm³/mol. The molecule has 0 saturated carbocycles. The van der Waals surface area contributed by atoms with Gasteiger partial charge in [-0.1, -0.05) is 46.6 Å². The highest BCUT2D eigenvalue weighted by Crippen LogP contribution is 2.29. The van der Waals surface area contributed by atoms with E-state index in [0.717, 1.165) is 5.56 Å². The molecule has 0 atom stereocenters. The number of benzene rings is 1. The molecule has 15 heavy (non-hydrogen) atoms. The van der Waals surface area contributed by atoms with E-state index < -0.39 is 0 Å². The maximum absolute atomic E-state index is 6.00. The molecule has 1 heterocycles. The molecule has 1 aromatic heterocycles. The van der Waals surface area contributed by atoms with Crippen molar-refractivity contribution < 1.29 is 4.52 Å². The van der Waals surface area contributed by atoms with E-state index in [9.17, 15) is 0 Å². The average Bonchev–Trinajstić information content (AvgIpc) is 2.61. The minimum absolute atomic E-state index is 0.271. The Balaban J connectivity index is 2.51. The lowest BCUT2D eigenvalue weighted by atomic mass is 10.1. The van der Waals surface area contributed by atoms with Crippen LogP contribution in [0.5, 0.6) is 0 Å². The van der Waals surface area contributed by atoms with Crippen LogP contribution in [0.25, 0.3) is 11.3 Å². The van der Waals surface area contributed by atoms with E-state index in [2.05, 4.69) is 11.1 Å². The van der Waals surface area contributed by atoms with Crippen LogP contribution in [-0.4, -0.2) is 5.16 Å². The summed E-state index contributed by atoms with van der Waals surface area (Å²) in [6.07, 6.45) is 5.20. The maximum Gasteiger partial charge on any atom is 0.228 e. The average molecular weight is 218 g/mol. The lowest BCUT2D eigenvalue weighted by Crippen LogP contribution is -1.79. The molecule has 0 bridgehead atoms. The monoisotopic (exact) mass is 217 g/mol. The Morgan fingerprint density at radius 1 is 1.33 bits per heavy atom. The van der Waals surface area contributed by atoms with E-state index in [-0.39, 0.29) is 5.76 Å². The molecule has 0 amide bonds.